The minimum atomic E-state index is -0.679. The molecule has 10 nitrogen and oxygen atoms in total. The number of amides is 2. The fourth-order valence-electron chi connectivity index (χ4n) is 9.45. The van der Waals surface area contributed by atoms with Crippen molar-refractivity contribution in [1.29, 1.82) is 0 Å². The zero-order valence-corrected chi connectivity index (χ0v) is 41.0. The average Bonchev–Trinajstić information content (AvgIpc) is 3.96. The van der Waals surface area contributed by atoms with Gasteiger partial charge in [-0.1, -0.05) is 75.1 Å². The number of fused-ring (bicyclic) bond motifs is 1. The van der Waals surface area contributed by atoms with E-state index in [2.05, 4.69) is 61.2 Å². The van der Waals surface area contributed by atoms with Crippen LogP contribution in [0.2, 0.25) is 0 Å². The molecule has 2 heterocycles. The molecule has 0 radical (unpaired) electrons. The smallest absolute Gasteiger partial charge is 0.411 e. The van der Waals surface area contributed by atoms with Gasteiger partial charge in [0.05, 0.1) is 0 Å². The van der Waals surface area contributed by atoms with Gasteiger partial charge in [-0.3, -0.25) is 9.80 Å². The minimum Gasteiger partial charge on any atom is -0.444 e. The zero-order chi connectivity index (χ0) is 46.6. The van der Waals surface area contributed by atoms with Gasteiger partial charge in [0.15, 0.2) is 0 Å². The Morgan fingerprint density at radius 2 is 1.20 bits per heavy atom. The number of hydrogen-bond acceptors (Lipinski definition) is 9. The number of unbranched alkanes of at least 4 members (excludes halogenated alkanes) is 4. The molecule has 2 amide bonds. The number of hydrogen-bond donors (Lipinski definition) is 0. The molecule has 0 bridgehead atoms. The van der Waals surface area contributed by atoms with E-state index in [-0.39, 0.29) is 11.8 Å². The summed E-state index contributed by atoms with van der Waals surface area (Å²) in [5.41, 5.74) is 5.10. The maximum Gasteiger partial charge on any atom is 0.411 e. The second-order valence-corrected chi connectivity index (χ2v) is 21.4. The van der Waals surface area contributed by atoms with Gasteiger partial charge >= 0.3 is 24.1 Å². The third-order valence-corrected chi connectivity index (χ3v) is 13.8. The molecule has 6 rings (SSSR count). The van der Waals surface area contributed by atoms with Crippen molar-refractivity contribution in [1.82, 2.24) is 9.80 Å². The fraction of sp³-hybridized carbons (Fsp3) is 0.593. The number of nitrogens with zero attached hydrogens (tertiary/aromatic N) is 2. The molecule has 3 aromatic rings. The Hall–Kier alpha value is -4.51. The molecule has 65 heavy (non-hydrogen) atoms. The van der Waals surface area contributed by atoms with Crippen LogP contribution in [0.3, 0.4) is 0 Å². The molecule has 2 fully saturated rings. The van der Waals surface area contributed by atoms with Crippen LogP contribution in [0.1, 0.15) is 165 Å². The molecule has 354 valence electrons. The molecule has 2 saturated heterocycles. The van der Waals surface area contributed by atoms with E-state index in [0.717, 1.165) is 44.9 Å². The van der Waals surface area contributed by atoms with E-state index in [0.29, 0.717) is 50.3 Å². The lowest BCUT2D eigenvalue weighted by atomic mass is 9.70. The normalized spacial score (nSPS) is 19.7. The molecule has 11 heteroatoms. The molecule has 3 unspecified atom stereocenters. The monoisotopic (exact) mass is 911 g/mol. The van der Waals surface area contributed by atoms with Gasteiger partial charge in [0, 0.05) is 13.1 Å². The fourth-order valence-corrected chi connectivity index (χ4v) is 10.4. The summed E-state index contributed by atoms with van der Waals surface area (Å²) in [7, 11) is 0. The van der Waals surface area contributed by atoms with Crippen LogP contribution in [0.5, 0.6) is 11.5 Å². The Bertz CT molecular complexity index is 2040. The molecule has 0 saturated carbocycles. The molecule has 0 aromatic heterocycles. The van der Waals surface area contributed by atoms with E-state index >= 15 is 0 Å². The quantitative estimate of drug-likeness (QED) is 0.0699. The van der Waals surface area contributed by atoms with Crippen LogP contribution in [0.25, 0.3) is 0 Å². The third kappa shape index (κ3) is 14.7. The largest absolute Gasteiger partial charge is 0.444 e. The van der Waals surface area contributed by atoms with Gasteiger partial charge in [0.25, 0.3) is 0 Å². The van der Waals surface area contributed by atoms with Crippen molar-refractivity contribution in [2.75, 3.05) is 24.6 Å². The topological polar surface area (TPSA) is 112 Å². The lowest BCUT2D eigenvalue weighted by Crippen LogP contribution is -2.44. The number of benzene rings is 3. The summed E-state index contributed by atoms with van der Waals surface area (Å²) in [5.74, 6) is 2.97. The standard InChI is InChI=1S/C54H74N2O8S/c1-8-9-10-13-35-65-36-32-39-22-20-38(21-23-39)16-11-12-17-46-44(40-24-27-42(28-25-40)61-49(57)47-18-14-33-55(47)51(59)63-53(2,3)4)30-26-41-37-43(29-31-45(41)46)62-50(58)48-19-15-34-56(48)52(60)64-54(5,6)7/h20-25,27-29,31,37,44,46-48H,8-19,26,30,32-36H2,1-7H3/t44?,46?,47?,48-/m0/s1. The number of likely N-dealkylation sites (tertiary alicyclic amines) is 2. The molecule has 0 N–H and O–H groups in total. The lowest BCUT2D eigenvalue weighted by Gasteiger charge is -2.35. The van der Waals surface area contributed by atoms with Crippen LogP contribution in [0.15, 0.2) is 66.7 Å². The van der Waals surface area contributed by atoms with Crippen molar-refractivity contribution in [3.8, 4) is 11.5 Å². The van der Waals surface area contributed by atoms with Gasteiger partial charge in [-0.05, 0) is 188 Å². The molecule has 2 aliphatic heterocycles. The highest BCUT2D eigenvalue weighted by molar-refractivity contribution is 7.99. The first-order valence-electron chi connectivity index (χ1n) is 24.4. The van der Waals surface area contributed by atoms with Crippen LogP contribution in [-0.2, 0) is 38.3 Å². The molecular formula is C54H74N2O8S. The zero-order valence-electron chi connectivity index (χ0n) is 40.2. The summed E-state index contributed by atoms with van der Waals surface area (Å²) in [6.07, 6.45) is 13.8. The molecule has 3 aromatic carbocycles. The van der Waals surface area contributed by atoms with Gasteiger partial charge in [-0.25, -0.2) is 19.2 Å². The highest BCUT2D eigenvalue weighted by atomic mass is 32.2. The second-order valence-electron chi connectivity index (χ2n) is 20.2. The van der Waals surface area contributed by atoms with E-state index in [1.165, 1.54) is 74.8 Å². The van der Waals surface area contributed by atoms with Crippen molar-refractivity contribution in [2.24, 2.45) is 0 Å². The molecule has 1 aliphatic carbocycles. The van der Waals surface area contributed by atoms with Crippen molar-refractivity contribution in [3.05, 3.63) is 94.5 Å². The molecule has 0 spiro atoms. The van der Waals surface area contributed by atoms with Gasteiger partial charge in [0.1, 0.15) is 34.8 Å². The highest BCUT2D eigenvalue weighted by Crippen LogP contribution is 2.46. The summed E-state index contributed by atoms with van der Waals surface area (Å²) in [5, 5.41) is 0. The highest BCUT2D eigenvalue weighted by Gasteiger charge is 2.40. The summed E-state index contributed by atoms with van der Waals surface area (Å²) < 4.78 is 23.0. The van der Waals surface area contributed by atoms with E-state index < -0.39 is 47.4 Å². The van der Waals surface area contributed by atoms with Crippen LogP contribution in [0, 0.1) is 0 Å². The minimum absolute atomic E-state index is 0.233. The Labute approximate surface area is 392 Å². The summed E-state index contributed by atoms with van der Waals surface area (Å²) in [6.45, 7) is 14.1. The van der Waals surface area contributed by atoms with Crippen LogP contribution in [-0.4, -0.2) is 81.8 Å². The first-order chi connectivity index (χ1) is 31.1. The predicted molar refractivity (Wildman–Crippen MR) is 259 cm³/mol. The summed E-state index contributed by atoms with van der Waals surface area (Å²) in [4.78, 5) is 55.7. The SMILES string of the molecule is CCCCCCSCCc1ccc(CCCCC2c3ccc(OC(=O)[C@@H]4CCCN4C(=O)OC(C)(C)C)cc3CCC2c2ccc(OC(=O)C3CCCN3C(=O)OC(C)(C)C)cc2)cc1. The first kappa shape index (κ1) is 49.9. The van der Waals surface area contributed by atoms with E-state index in [1.807, 2.05) is 65.8 Å². The Kier molecular flexibility index (Phi) is 17.9. The van der Waals surface area contributed by atoms with Crippen molar-refractivity contribution < 1.29 is 38.1 Å². The van der Waals surface area contributed by atoms with E-state index in [1.54, 1.807) is 0 Å². The van der Waals surface area contributed by atoms with Crippen molar-refractivity contribution in [3.63, 3.8) is 0 Å². The van der Waals surface area contributed by atoms with Crippen molar-refractivity contribution in [2.45, 2.75) is 180 Å². The Balaban J connectivity index is 1.11. The van der Waals surface area contributed by atoms with E-state index in [4.69, 9.17) is 18.9 Å². The summed E-state index contributed by atoms with van der Waals surface area (Å²) >= 11 is 2.07. The van der Waals surface area contributed by atoms with Crippen LogP contribution >= 0.6 is 11.8 Å². The third-order valence-electron chi connectivity index (χ3n) is 12.7. The number of aryl methyl sites for hydroxylation is 3. The number of esters is 2. The van der Waals surface area contributed by atoms with Gasteiger partial charge in [-0.2, -0.15) is 11.8 Å². The van der Waals surface area contributed by atoms with E-state index in [9.17, 15) is 19.2 Å². The first-order valence-corrected chi connectivity index (χ1v) is 25.5. The Morgan fingerprint density at radius 1 is 0.631 bits per heavy atom. The van der Waals surface area contributed by atoms with Gasteiger partial charge < -0.3 is 18.9 Å². The van der Waals surface area contributed by atoms with Gasteiger partial charge in [-0.15, -0.1) is 0 Å². The number of rotatable bonds is 18. The average molecular weight is 911 g/mol. The Morgan fingerprint density at radius 3 is 1.78 bits per heavy atom. The van der Waals surface area contributed by atoms with Crippen LogP contribution < -0.4 is 9.47 Å². The number of carbonyl (C=O) groups excluding carboxylic acids is 4. The number of thioether (sulfide) groups is 1. The maximum absolute atomic E-state index is 13.5. The molecule has 3 aliphatic rings. The lowest BCUT2D eigenvalue weighted by molar-refractivity contribution is -0.140. The number of carbonyl (C=O) groups is 4. The van der Waals surface area contributed by atoms with Crippen molar-refractivity contribution >= 4 is 35.9 Å². The maximum atomic E-state index is 13.5. The molecule has 4 atom stereocenters. The number of ether oxygens (including phenoxy) is 4. The summed E-state index contributed by atoms with van der Waals surface area (Å²) in [6, 6.07) is 21.8. The van der Waals surface area contributed by atoms with Crippen LogP contribution in [0.4, 0.5) is 9.59 Å². The predicted octanol–water partition coefficient (Wildman–Crippen LogP) is 12.4. The molecular weight excluding hydrogens is 837 g/mol. The van der Waals surface area contributed by atoms with Gasteiger partial charge in [0.2, 0.25) is 0 Å². The second kappa shape index (κ2) is 23.3.